The topological polar surface area (TPSA) is 21.3 Å². The molecule has 0 amide bonds. The first-order valence-corrected chi connectivity index (χ1v) is 17.7. The Morgan fingerprint density at radius 3 is 2.04 bits per heavy atom. The van der Waals surface area contributed by atoms with Crippen LogP contribution in [0.5, 0.6) is 0 Å². The monoisotopic (exact) mass is 656 g/mol. The quantitative estimate of drug-likeness (QED) is 0.188. The summed E-state index contributed by atoms with van der Waals surface area (Å²) in [7, 11) is 0. The highest BCUT2D eigenvalue weighted by atomic mass is 32.1. The normalized spacial score (nSPS) is 12.0. The number of rotatable bonds is 4. The molecule has 0 aliphatic carbocycles. The zero-order chi connectivity index (χ0) is 32.8. The second-order valence-corrected chi connectivity index (χ2v) is 14.0. The number of hydrogen-bond acceptors (Lipinski definition) is 3. The third-order valence-electron chi connectivity index (χ3n) is 10.1. The van der Waals surface area contributed by atoms with E-state index in [0.717, 1.165) is 50.1 Å². The van der Waals surface area contributed by atoms with Gasteiger partial charge < -0.3 is 13.9 Å². The molecule has 0 saturated carbocycles. The Morgan fingerprint density at radius 2 is 1.14 bits per heavy atom. The Balaban J connectivity index is 1.25. The summed E-state index contributed by atoms with van der Waals surface area (Å²) >= 11 is 1.85. The van der Waals surface area contributed by atoms with Gasteiger partial charge in [0.15, 0.2) is 0 Å². The fourth-order valence-electron chi connectivity index (χ4n) is 7.99. The number of nitrogens with zero attached hydrogens (tertiary/aromatic N) is 2. The van der Waals surface area contributed by atoms with Gasteiger partial charge in [0.25, 0.3) is 0 Å². The Morgan fingerprint density at radius 1 is 0.440 bits per heavy atom. The molecular weight excluding hydrogens is 629 g/mol. The van der Waals surface area contributed by atoms with Gasteiger partial charge in [0, 0.05) is 53.1 Å². The maximum Gasteiger partial charge on any atom is 0.136 e. The van der Waals surface area contributed by atoms with Gasteiger partial charge >= 0.3 is 0 Å². The van der Waals surface area contributed by atoms with Gasteiger partial charge in [0.1, 0.15) is 11.2 Å². The maximum atomic E-state index is 6.36. The number of fused-ring (bicyclic) bond motifs is 10. The van der Waals surface area contributed by atoms with E-state index in [9.17, 15) is 0 Å². The standard InChI is InChI=1S/C46H28N2OS/c1-2-12-31(13-3-1)47-37-17-7-4-15-34(37)45-38(47)18-10-19-39(45)48(40-20-11-23-44-46(40)35-16-6-9-22-43(35)50-44)32-25-24-29-27-36-33-14-5-8-21-41(33)49-42(36)28-30(29)26-32/h1-28H. The molecule has 0 N–H and O–H groups in total. The lowest BCUT2D eigenvalue weighted by atomic mass is 10.0. The van der Waals surface area contributed by atoms with Gasteiger partial charge in [-0.2, -0.15) is 0 Å². The van der Waals surface area contributed by atoms with E-state index in [-0.39, 0.29) is 0 Å². The van der Waals surface area contributed by atoms with Gasteiger partial charge in [-0.05, 0) is 89.6 Å². The lowest BCUT2D eigenvalue weighted by Gasteiger charge is -2.28. The number of benzene rings is 8. The SMILES string of the molecule is c1ccc(-n2c3ccccc3c3c(N(c4ccc5cc6c(cc5c4)oc4ccccc46)c4cccc5sc6ccccc6c45)cccc32)cc1. The molecule has 3 aromatic heterocycles. The molecule has 11 aromatic rings. The minimum absolute atomic E-state index is 0.904. The van der Waals surface area contributed by atoms with E-state index in [1.807, 2.05) is 23.5 Å². The molecule has 0 aliphatic rings. The van der Waals surface area contributed by atoms with Crippen molar-refractivity contribution in [1.82, 2.24) is 4.57 Å². The van der Waals surface area contributed by atoms with Crippen LogP contribution in [0, 0.1) is 0 Å². The minimum atomic E-state index is 0.904. The molecule has 0 unspecified atom stereocenters. The molecule has 0 spiro atoms. The summed E-state index contributed by atoms with van der Waals surface area (Å²) in [6.07, 6.45) is 0. The number of para-hydroxylation sites is 3. The smallest absolute Gasteiger partial charge is 0.136 e. The van der Waals surface area contributed by atoms with Crippen LogP contribution < -0.4 is 4.90 Å². The minimum Gasteiger partial charge on any atom is -0.456 e. The lowest BCUT2D eigenvalue weighted by molar-refractivity contribution is 0.669. The van der Waals surface area contributed by atoms with E-state index in [1.165, 1.54) is 47.4 Å². The number of hydrogen-bond donors (Lipinski definition) is 0. The summed E-state index contributed by atoms with van der Waals surface area (Å²) in [5.74, 6) is 0. The largest absolute Gasteiger partial charge is 0.456 e. The summed E-state index contributed by atoms with van der Waals surface area (Å²) in [4.78, 5) is 2.48. The molecule has 0 fully saturated rings. The fraction of sp³-hybridized carbons (Fsp3) is 0. The van der Waals surface area contributed by atoms with Crippen molar-refractivity contribution in [1.29, 1.82) is 0 Å². The van der Waals surface area contributed by atoms with Gasteiger partial charge in [0.2, 0.25) is 0 Å². The van der Waals surface area contributed by atoms with E-state index in [0.29, 0.717) is 0 Å². The van der Waals surface area contributed by atoms with Gasteiger partial charge in [-0.3, -0.25) is 0 Å². The van der Waals surface area contributed by atoms with Crippen LogP contribution in [0.25, 0.3) is 80.4 Å². The Labute approximate surface area is 291 Å². The van der Waals surface area contributed by atoms with Crippen LogP contribution in [0.1, 0.15) is 0 Å². The van der Waals surface area contributed by atoms with Crippen molar-refractivity contribution in [3.05, 3.63) is 170 Å². The molecule has 0 bridgehead atoms. The average molecular weight is 657 g/mol. The highest BCUT2D eigenvalue weighted by molar-refractivity contribution is 7.26. The van der Waals surface area contributed by atoms with E-state index in [2.05, 4.69) is 167 Å². The van der Waals surface area contributed by atoms with E-state index >= 15 is 0 Å². The summed E-state index contributed by atoms with van der Waals surface area (Å²) in [6, 6.07) is 61.4. The number of aromatic nitrogens is 1. The predicted octanol–water partition coefficient (Wildman–Crippen LogP) is 13.7. The van der Waals surface area contributed by atoms with Gasteiger partial charge in [-0.15, -0.1) is 11.3 Å². The van der Waals surface area contributed by atoms with Crippen molar-refractivity contribution in [2.24, 2.45) is 0 Å². The van der Waals surface area contributed by atoms with Gasteiger partial charge in [-0.25, -0.2) is 0 Å². The number of furan rings is 1. The van der Waals surface area contributed by atoms with Crippen molar-refractivity contribution in [2.75, 3.05) is 4.90 Å². The second-order valence-electron chi connectivity index (χ2n) is 12.9. The van der Waals surface area contributed by atoms with Crippen LogP contribution in [0.3, 0.4) is 0 Å². The van der Waals surface area contributed by atoms with Crippen molar-refractivity contribution in [3.8, 4) is 5.69 Å². The molecule has 0 aliphatic heterocycles. The van der Waals surface area contributed by atoms with Crippen LogP contribution in [-0.2, 0) is 0 Å². The third kappa shape index (κ3) is 3.97. The maximum absolute atomic E-state index is 6.36. The summed E-state index contributed by atoms with van der Waals surface area (Å²) in [5, 5.41) is 9.60. The highest BCUT2D eigenvalue weighted by Gasteiger charge is 2.24. The molecule has 0 saturated heterocycles. The number of anilines is 3. The second kappa shape index (κ2) is 10.6. The van der Waals surface area contributed by atoms with E-state index in [4.69, 9.17) is 4.42 Å². The summed E-state index contributed by atoms with van der Waals surface area (Å²) in [5.41, 5.74) is 8.72. The Bertz CT molecular complexity index is 3110. The van der Waals surface area contributed by atoms with Crippen LogP contribution in [0.4, 0.5) is 17.1 Å². The van der Waals surface area contributed by atoms with E-state index < -0.39 is 0 Å². The Kier molecular flexibility index (Phi) is 5.83. The molecule has 4 heteroatoms. The molecule has 3 nitrogen and oxygen atoms in total. The van der Waals surface area contributed by atoms with Crippen molar-refractivity contribution >= 4 is 103 Å². The Hall–Kier alpha value is -6.36. The lowest BCUT2D eigenvalue weighted by Crippen LogP contribution is -2.11. The molecule has 234 valence electrons. The van der Waals surface area contributed by atoms with Crippen LogP contribution in [0.15, 0.2) is 174 Å². The van der Waals surface area contributed by atoms with Crippen LogP contribution in [0.2, 0.25) is 0 Å². The summed E-state index contributed by atoms with van der Waals surface area (Å²) < 4.78 is 11.3. The molecule has 0 atom stereocenters. The zero-order valence-electron chi connectivity index (χ0n) is 26.9. The van der Waals surface area contributed by atoms with Crippen LogP contribution >= 0.6 is 11.3 Å². The first-order chi connectivity index (χ1) is 24.8. The van der Waals surface area contributed by atoms with Gasteiger partial charge in [-0.1, -0.05) is 91.0 Å². The van der Waals surface area contributed by atoms with Crippen molar-refractivity contribution < 1.29 is 4.42 Å². The highest BCUT2D eigenvalue weighted by Crippen LogP contribution is 2.49. The van der Waals surface area contributed by atoms with Crippen molar-refractivity contribution in [3.63, 3.8) is 0 Å². The van der Waals surface area contributed by atoms with Crippen molar-refractivity contribution in [2.45, 2.75) is 0 Å². The van der Waals surface area contributed by atoms with Gasteiger partial charge in [0.05, 0.1) is 22.4 Å². The molecule has 8 aromatic carbocycles. The van der Waals surface area contributed by atoms with Crippen LogP contribution in [-0.4, -0.2) is 4.57 Å². The number of thiophene rings is 1. The molecule has 0 radical (unpaired) electrons. The first kappa shape index (κ1) is 27.6. The van der Waals surface area contributed by atoms with E-state index in [1.54, 1.807) is 0 Å². The molecule has 50 heavy (non-hydrogen) atoms. The molecule has 3 heterocycles. The average Bonchev–Trinajstić information content (AvgIpc) is 3.84. The fourth-order valence-corrected chi connectivity index (χ4v) is 9.11. The molecule has 11 rings (SSSR count). The third-order valence-corrected chi connectivity index (χ3v) is 11.3. The first-order valence-electron chi connectivity index (χ1n) is 16.9. The zero-order valence-corrected chi connectivity index (χ0v) is 27.7. The summed E-state index contributed by atoms with van der Waals surface area (Å²) in [6.45, 7) is 0. The predicted molar refractivity (Wildman–Crippen MR) is 213 cm³/mol. The molecular formula is C46H28N2OS.